The summed E-state index contributed by atoms with van der Waals surface area (Å²) in [6.07, 6.45) is 0. The van der Waals surface area contributed by atoms with Crippen LogP contribution in [0.2, 0.25) is 0 Å². The average Bonchev–Trinajstić information content (AvgIpc) is 1.61. The molecule has 0 aromatic carbocycles. The van der Waals surface area contributed by atoms with Crippen LogP contribution in [0.5, 0.6) is 0 Å². The third kappa shape index (κ3) is 10.7. The van der Waals surface area contributed by atoms with E-state index in [1.807, 2.05) is 6.07 Å². The third-order valence-electron chi connectivity index (χ3n) is 0.296. The van der Waals surface area contributed by atoms with Crippen molar-refractivity contribution in [2.24, 2.45) is 0 Å². The highest BCUT2D eigenvalue weighted by molar-refractivity contribution is 5.85. The van der Waals surface area contributed by atoms with E-state index in [0.717, 1.165) is 0 Å². The van der Waals surface area contributed by atoms with Gasteiger partial charge < -0.3 is 4.84 Å². The molecule has 42 valence electrons. The van der Waals surface area contributed by atoms with Gasteiger partial charge in [-0.25, -0.2) is 0 Å². The highest BCUT2D eigenvalue weighted by atomic mass is 35.5. The Morgan fingerprint density at radius 1 is 1.86 bits per heavy atom. The largest absolute Gasteiger partial charge is 0.304 e. The second-order valence-electron chi connectivity index (χ2n) is 0.683. The van der Waals surface area contributed by atoms with Crippen molar-refractivity contribution >= 4 is 12.4 Å². The number of nitrogens with one attached hydrogen (secondary N) is 1. The molecule has 0 aliphatic carbocycles. The number of nitrogens with zero attached hydrogens (tertiary/aromatic N) is 1. The Balaban J connectivity index is 0. The number of hydrogen-bond donors (Lipinski definition) is 1. The van der Waals surface area contributed by atoms with Crippen molar-refractivity contribution in [3.05, 3.63) is 0 Å². The lowest BCUT2D eigenvalue weighted by atomic mass is 10.8. The van der Waals surface area contributed by atoms with E-state index in [1.165, 1.54) is 7.11 Å². The molecular weight excluding hydrogens is 115 g/mol. The fourth-order valence-electron chi connectivity index (χ4n) is 0.104. The van der Waals surface area contributed by atoms with Crippen LogP contribution >= 0.6 is 12.4 Å². The van der Waals surface area contributed by atoms with E-state index in [4.69, 9.17) is 5.26 Å². The molecule has 0 aromatic rings. The first-order valence-electron chi connectivity index (χ1n) is 1.54. The van der Waals surface area contributed by atoms with Crippen LogP contribution in [0.15, 0.2) is 0 Å². The van der Waals surface area contributed by atoms with Crippen molar-refractivity contribution in [3.8, 4) is 6.07 Å². The summed E-state index contributed by atoms with van der Waals surface area (Å²) in [4.78, 5) is 4.31. The first-order chi connectivity index (χ1) is 2.91. The zero-order valence-corrected chi connectivity index (χ0v) is 4.79. The summed E-state index contributed by atoms with van der Waals surface area (Å²) < 4.78 is 0. The molecule has 1 N–H and O–H groups in total. The molecular formula is C3H7ClN2O. The molecule has 0 saturated carbocycles. The maximum absolute atomic E-state index is 7.80. The molecule has 0 aliphatic rings. The molecule has 0 aromatic heterocycles. The molecule has 0 spiro atoms. The van der Waals surface area contributed by atoms with E-state index < -0.39 is 0 Å². The van der Waals surface area contributed by atoms with E-state index in [1.54, 1.807) is 0 Å². The van der Waals surface area contributed by atoms with Crippen LogP contribution in [0.4, 0.5) is 0 Å². The number of hydroxylamine groups is 1. The normalized spacial score (nSPS) is 6.29. The van der Waals surface area contributed by atoms with Gasteiger partial charge in [-0.2, -0.15) is 10.7 Å². The topological polar surface area (TPSA) is 45.0 Å². The van der Waals surface area contributed by atoms with Gasteiger partial charge in [0.15, 0.2) is 0 Å². The summed E-state index contributed by atoms with van der Waals surface area (Å²) in [6.45, 7) is 0.247. The molecule has 0 amide bonds. The summed E-state index contributed by atoms with van der Waals surface area (Å²) in [6, 6.07) is 1.83. The van der Waals surface area contributed by atoms with Gasteiger partial charge in [-0.05, 0) is 0 Å². The van der Waals surface area contributed by atoms with Crippen molar-refractivity contribution in [3.63, 3.8) is 0 Å². The van der Waals surface area contributed by atoms with Gasteiger partial charge in [0, 0.05) is 0 Å². The van der Waals surface area contributed by atoms with Gasteiger partial charge in [-0.3, -0.25) is 0 Å². The fraction of sp³-hybridized carbons (Fsp3) is 0.667. The smallest absolute Gasteiger partial charge is 0.108 e. The zero-order chi connectivity index (χ0) is 4.83. The predicted octanol–water partition coefficient (Wildman–Crippen LogP) is 0.0828. The predicted molar refractivity (Wildman–Crippen MR) is 27.9 cm³/mol. The molecule has 0 heterocycles. The van der Waals surface area contributed by atoms with Gasteiger partial charge in [-0.1, -0.05) is 0 Å². The van der Waals surface area contributed by atoms with Gasteiger partial charge in [0.25, 0.3) is 0 Å². The molecule has 4 heteroatoms. The first-order valence-corrected chi connectivity index (χ1v) is 1.54. The van der Waals surface area contributed by atoms with Gasteiger partial charge >= 0.3 is 0 Å². The lowest BCUT2D eigenvalue weighted by Gasteiger charge is -1.86. The van der Waals surface area contributed by atoms with Crippen molar-refractivity contribution < 1.29 is 4.84 Å². The Hall–Kier alpha value is -0.300. The maximum atomic E-state index is 7.80. The van der Waals surface area contributed by atoms with Crippen molar-refractivity contribution in [1.82, 2.24) is 5.48 Å². The Bertz CT molecular complexity index is 60.4. The number of hydrogen-bond acceptors (Lipinski definition) is 3. The quantitative estimate of drug-likeness (QED) is 0.321. The summed E-state index contributed by atoms with van der Waals surface area (Å²) in [5.74, 6) is 0. The number of halogens is 1. The highest BCUT2D eigenvalue weighted by Crippen LogP contribution is 1.48. The van der Waals surface area contributed by atoms with Crippen molar-refractivity contribution in [2.45, 2.75) is 0 Å². The van der Waals surface area contributed by atoms with E-state index in [-0.39, 0.29) is 19.0 Å². The number of nitriles is 1. The first kappa shape index (κ1) is 9.85. The molecule has 0 rings (SSSR count). The monoisotopic (exact) mass is 122 g/mol. The van der Waals surface area contributed by atoms with E-state index in [9.17, 15) is 0 Å². The van der Waals surface area contributed by atoms with Crippen molar-refractivity contribution in [2.75, 3.05) is 13.7 Å². The lowest BCUT2D eigenvalue weighted by molar-refractivity contribution is 0.102. The molecule has 3 nitrogen and oxygen atoms in total. The Labute approximate surface area is 48.6 Å². The molecule has 0 atom stereocenters. The lowest BCUT2D eigenvalue weighted by Crippen LogP contribution is -2.10. The van der Waals surface area contributed by atoms with Gasteiger partial charge in [0.2, 0.25) is 0 Å². The van der Waals surface area contributed by atoms with Crippen LogP contribution in [0.3, 0.4) is 0 Å². The Morgan fingerprint density at radius 2 is 2.43 bits per heavy atom. The average molecular weight is 123 g/mol. The minimum Gasteiger partial charge on any atom is -0.304 e. The van der Waals surface area contributed by atoms with E-state index in [2.05, 4.69) is 10.3 Å². The van der Waals surface area contributed by atoms with Crippen molar-refractivity contribution in [1.29, 1.82) is 5.26 Å². The summed E-state index contributed by atoms with van der Waals surface area (Å²) in [7, 11) is 1.47. The van der Waals surface area contributed by atoms with E-state index in [0.29, 0.717) is 0 Å². The van der Waals surface area contributed by atoms with E-state index >= 15 is 0 Å². The van der Waals surface area contributed by atoms with Crippen LogP contribution in [-0.2, 0) is 4.84 Å². The van der Waals surface area contributed by atoms with Crippen LogP contribution in [-0.4, -0.2) is 13.7 Å². The van der Waals surface area contributed by atoms with Gasteiger partial charge in [0.05, 0.1) is 13.2 Å². The second-order valence-corrected chi connectivity index (χ2v) is 0.683. The molecule has 0 radical (unpaired) electrons. The molecule has 0 fully saturated rings. The minimum absolute atomic E-state index is 0. The second kappa shape index (κ2) is 9.20. The molecule has 0 aliphatic heterocycles. The minimum atomic E-state index is 0. The van der Waals surface area contributed by atoms with Gasteiger partial charge in [0.1, 0.15) is 6.54 Å². The van der Waals surface area contributed by atoms with Crippen LogP contribution in [0.25, 0.3) is 0 Å². The SMILES string of the molecule is CONCC#N.Cl. The Morgan fingerprint density at radius 3 is 2.57 bits per heavy atom. The molecule has 0 bridgehead atoms. The third-order valence-corrected chi connectivity index (χ3v) is 0.296. The van der Waals surface area contributed by atoms with Crippen LogP contribution < -0.4 is 5.48 Å². The standard InChI is InChI=1S/C3H6N2O.ClH/c1-6-5-3-2-4;/h5H,3H2,1H3;1H. The fourth-order valence-corrected chi connectivity index (χ4v) is 0.104. The summed E-state index contributed by atoms with van der Waals surface area (Å²) in [5, 5.41) is 7.80. The highest BCUT2D eigenvalue weighted by Gasteiger charge is 1.69. The molecule has 0 unspecified atom stereocenters. The summed E-state index contributed by atoms with van der Waals surface area (Å²) in [5.41, 5.74) is 2.34. The van der Waals surface area contributed by atoms with Crippen LogP contribution in [0.1, 0.15) is 0 Å². The number of rotatable bonds is 2. The molecule has 7 heavy (non-hydrogen) atoms. The van der Waals surface area contributed by atoms with Gasteiger partial charge in [-0.15, -0.1) is 12.4 Å². The van der Waals surface area contributed by atoms with Crippen LogP contribution in [0, 0.1) is 11.3 Å². The zero-order valence-electron chi connectivity index (χ0n) is 3.97. The molecule has 0 saturated heterocycles. The maximum Gasteiger partial charge on any atom is 0.108 e. The summed E-state index contributed by atoms with van der Waals surface area (Å²) >= 11 is 0. The Kier molecular flexibility index (Phi) is 12.9.